The van der Waals surface area contributed by atoms with E-state index < -0.39 is 5.91 Å². The Morgan fingerprint density at radius 3 is 2.57 bits per heavy atom. The van der Waals surface area contributed by atoms with Crippen molar-refractivity contribution in [2.75, 3.05) is 18.7 Å². The first-order chi connectivity index (χ1) is 14.5. The number of carbonyl (C=O) groups is 1. The van der Waals surface area contributed by atoms with E-state index in [1.807, 2.05) is 30.3 Å². The van der Waals surface area contributed by atoms with Gasteiger partial charge in [-0.05, 0) is 60.4 Å². The fourth-order valence-corrected chi connectivity index (χ4v) is 3.38. The molecule has 0 fully saturated rings. The van der Waals surface area contributed by atoms with E-state index in [-0.39, 0.29) is 24.5 Å². The van der Waals surface area contributed by atoms with Crippen LogP contribution in [0.1, 0.15) is 27.0 Å². The predicted octanol–water partition coefficient (Wildman–Crippen LogP) is 2.72. The first kappa shape index (κ1) is 19.7. The molecule has 0 bridgehead atoms. The van der Waals surface area contributed by atoms with E-state index in [1.54, 1.807) is 31.3 Å². The zero-order valence-corrected chi connectivity index (χ0v) is 16.6. The number of carbonyl (C=O) groups excluding carboxylic acids is 1. The van der Waals surface area contributed by atoms with E-state index in [4.69, 9.17) is 14.6 Å². The van der Waals surface area contributed by atoms with Gasteiger partial charge >= 0.3 is 0 Å². The van der Waals surface area contributed by atoms with Crippen molar-refractivity contribution in [3.63, 3.8) is 0 Å². The Bertz CT molecular complexity index is 1140. The van der Waals surface area contributed by atoms with Crippen LogP contribution in [0.15, 0.2) is 59.5 Å². The summed E-state index contributed by atoms with van der Waals surface area (Å²) in [5.41, 5.74) is 2.79. The van der Waals surface area contributed by atoms with Crippen molar-refractivity contribution >= 4 is 11.6 Å². The first-order valence-corrected chi connectivity index (χ1v) is 9.65. The number of benzene rings is 2. The Balaban J connectivity index is 1.56. The lowest BCUT2D eigenvalue weighted by Crippen LogP contribution is -2.30. The number of hydrogen-bond donors (Lipinski definition) is 2. The normalized spacial score (nSPS) is 12.1. The maximum Gasteiger partial charge on any atom is 0.263 e. The molecule has 0 saturated carbocycles. The summed E-state index contributed by atoms with van der Waals surface area (Å²) in [4.78, 5) is 25.8. The molecular weight excluding hydrogens is 384 g/mol. The van der Waals surface area contributed by atoms with Gasteiger partial charge in [-0.1, -0.05) is 18.2 Å². The zero-order valence-electron chi connectivity index (χ0n) is 16.6. The third-order valence-corrected chi connectivity index (χ3v) is 5.00. The van der Waals surface area contributed by atoms with Crippen LogP contribution in [-0.2, 0) is 13.0 Å². The van der Waals surface area contributed by atoms with Crippen LogP contribution in [0.2, 0.25) is 0 Å². The van der Waals surface area contributed by atoms with Crippen LogP contribution in [0.5, 0.6) is 11.5 Å². The molecule has 0 spiro atoms. The molecule has 30 heavy (non-hydrogen) atoms. The van der Waals surface area contributed by atoms with Crippen molar-refractivity contribution in [1.82, 2.24) is 4.57 Å². The average molecular weight is 406 g/mol. The number of nitrogens with zero attached hydrogens (tertiary/aromatic N) is 1. The fourth-order valence-electron chi connectivity index (χ4n) is 3.38. The number of aliphatic hydroxyl groups is 1. The minimum absolute atomic E-state index is 0.0673. The molecule has 154 valence electrons. The third kappa shape index (κ3) is 4.06. The molecule has 1 aliphatic heterocycles. The zero-order chi connectivity index (χ0) is 21.1. The summed E-state index contributed by atoms with van der Waals surface area (Å²) in [7, 11) is 0. The van der Waals surface area contributed by atoms with Crippen LogP contribution >= 0.6 is 0 Å². The molecular formula is C23H22N2O5. The summed E-state index contributed by atoms with van der Waals surface area (Å²) in [6.07, 6.45) is 2.24. The van der Waals surface area contributed by atoms with Gasteiger partial charge in [-0.15, -0.1) is 0 Å². The lowest BCUT2D eigenvalue weighted by molar-refractivity contribution is 0.102. The Labute approximate surface area is 173 Å². The molecule has 0 saturated heterocycles. The number of amides is 1. The van der Waals surface area contributed by atoms with Crippen LogP contribution < -0.4 is 20.3 Å². The van der Waals surface area contributed by atoms with Crippen molar-refractivity contribution in [3.8, 4) is 11.5 Å². The molecule has 0 radical (unpaired) electrons. The van der Waals surface area contributed by atoms with Gasteiger partial charge in [-0.2, -0.15) is 0 Å². The second-order valence-electron chi connectivity index (χ2n) is 7.12. The van der Waals surface area contributed by atoms with Crippen molar-refractivity contribution < 1.29 is 19.4 Å². The molecule has 1 aliphatic rings. The van der Waals surface area contributed by atoms with Crippen LogP contribution in [-0.4, -0.2) is 29.0 Å². The van der Waals surface area contributed by atoms with Crippen LogP contribution in [0.25, 0.3) is 0 Å². The highest BCUT2D eigenvalue weighted by Gasteiger charge is 2.18. The second-order valence-corrected chi connectivity index (χ2v) is 7.12. The molecule has 4 rings (SSSR count). The van der Waals surface area contributed by atoms with Gasteiger partial charge in [0.15, 0.2) is 11.5 Å². The van der Waals surface area contributed by atoms with Gasteiger partial charge in [0, 0.05) is 18.5 Å². The molecule has 0 atom stereocenters. The molecule has 2 N–H and O–H groups in total. The van der Waals surface area contributed by atoms with Gasteiger partial charge in [0.1, 0.15) is 5.56 Å². The van der Waals surface area contributed by atoms with Gasteiger partial charge in [0.25, 0.3) is 11.5 Å². The summed E-state index contributed by atoms with van der Waals surface area (Å²) in [5.74, 6) is 0.878. The molecule has 7 heteroatoms. The van der Waals surface area contributed by atoms with Crippen LogP contribution in [0.4, 0.5) is 5.69 Å². The monoisotopic (exact) mass is 406 g/mol. The van der Waals surface area contributed by atoms with Gasteiger partial charge in [-0.25, -0.2) is 0 Å². The lowest BCUT2D eigenvalue weighted by atomic mass is 10.1. The smallest absolute Gasteiger partial charge is 0.263 e. The number of pyridine rings is 1. The second kappa shape index (κ2) is 8.42. The van der Waals surface area contributed by atoms with Gasteiger partial charge in [-0.3, -0.25) is 9.59 Å². The predicted molar refractivity (Wildman–Crippen MR) is 112 cm³/mol. The number of aromatic nitrogens is 1. The Kier molecular flexibility index (Phi) is 5.54. The van der Waals surface area contributed by atoms with Crippen molar-refractivity contribution in [1.29, 1.82) is 0 Å². The highest BCUT2D eigenvalue weighted by atomic mass is 16.7. The molecule has 0 aliphatic carbocycles. The fraction of sp³-hybridized carbons (Fsp3) is 0.217. The Morgan fingerprint density at radius 2 is 1.80 bits per heavy atom. The molecule has 0 unspecified atom stereocenters. The Hall–Kier alpha value is -3.58. The molecule has 2 aromatic carbocycles. The average Bonchev–Trinajstić information content (AvgIpc) is 3.20. The quantitative estimate of drug-likeness (QED) is 0.657. The number of hydrogen-bond acceptors (Lipinski definition) is 5. The number of anilines is 1. The van der Waals surface area contributed by atoms with Crippen LogP contribution in [0, 0.1) is 6.92 Å². The first-order valence-electron chi connectivity index (χ1n) is 9.65. The number of nitrogens with one attached hydrogen (secondary N) is 1. The highest BCUT2D eigenvalue weighted by molar-refractivity contribution is 6.05. The van der Waals surface area contributed by atoms with E-state index in [2.05, 4.69) is 5.32 Å². The molecule has 1 aromatic heterocycles. The maximum atomic E-state index is 13.0. The lowest BCUT2D eigenvalue weighted by Gasteiger charge is -2.12. The van der Waals surface area contributed by atoms with E-state index in [0.717, 1.165) is 11.1 Å². The molecule has 2 heterocycles. The number of aryl methyl sites for hydroxylation is 1. The van der Waals surface area contributed by atoms with Gasteiger partial charge in [0.2, 0.25) is 6.79 Å². The SMILES string of the molecule is Cc1ccn(Cc2ccc3c(c2)OCO3)c(=O)c1C(=O)Nc1ccc(CCO)cc1. The van der Waals surface area contributed by atoms with E-state index in [9.17, 15) is 9.59 Å². The summed E-state index contributed by atoms with van der Waals surface area (Å²) >= 11 is 0. The molecule has 1 amide bonds. The minimum atomic E-state index is -0.451. The summed E-state index contributed by atoms with van der Waals surface area (Å²) in [5, 5.41) is 11.8. The Morgan fingerprint density at radius 1 is 1.07 bits per heavy atom. The number of rotatable bonds is 6. The van der Waals surface area contributed by atoms with Crippen molar-refractivity contribution in [2.45, 2.75) is 19.9 Å². The van der Waals surface area contributed by atoms with Gasteiger partial charge < -0.3 is 24.5 Å². The van der Waals surface area contributed by atoms with Crippen LogP contribution in [0.3, 0.4) is 0 Å². The number of aliphatic hydroxyl groups excluding tert-OH is 1. The standard InChI is InChI=1S/C23H22N2O5/c1-15-8-10-25(13-17-4-7-19-20(12-17)30-14-29-19)23(28)21(15)22(27)24-18-5-2-16(3-6-18)9-11-26/h2-8,10,12,26H,9,11,13-14H2,1H3,(H,24,27). The van der Waals surface area contributed by atoms with E-state index in [1.165, 1.54) is 4.57 Å². The maximum absolute atomic E-state index is 13.0. The van der Waals surface area contributed by atoms with E-state index >= 15 is 0 Å². The third-order valence-electron chi connectivity index (χ3n) is 5.00. The van der Waals surface area contributed by atoms with E-state index in [0.29, 0.717) is 35.7 Å². The minimum Gasteiger partial charge on any atom is -0.454 e. The summed E-state index contributed by atoms with van der Waals surface area (Å²) in [6, 6.07) is 14.5. The molecule has 3 aromatic rings. The summed E-state index contributed by atoms with van der Waals surface area (Å²) in [6.45, 7) is 2.31. The van der Waals surface area contributed by atoms with Crippen molar-refractivity contribution in [2.24, 2.45) is 0 Å². The number of ether oxygens (including phenoxy) is 2. The summed E-state index contributed by atoms with van der Waals surface area (Å²) < 4.78 is 12.2. The van der Waals surface area contributed by atoms with Crippen molar-refractivity contribution in [3.05, 3.63) is 87.3 Å². The van der Waals surface area contributed by atoms with Gasteiger partial charge in [0.05, 0.1) is 6.54 Å². The molecule has 7 nitrogen and oxygen atoms in total. The highest BCUT2D eigenvalue weighted by Crippen LogP contribution is 2.32. The number of fused-ring (bicyclic) bond motifs is 1. The topological polar surface area (TPSA) is 89.8 Å². The largest absolute Gasteiger partial charge is 0.454 e.